The largest absolute Gasteiger partial charge is 0.493 e. The number of rotatable bonds is 9. The molecule has 3 aromatic rings. The third-order valence-corrected chi connectivity index (χ3v) is 6.68. The van der Waals surface area contributed by atoms with Crippen LogP contribution in [0.3, 0.4) is 0 Å². The Morgan fingerprint density at radius 2 is 1.71 bits per heavy atom. The van der Waals surface area contributed by atoms with Crippen molar-refractivity contribution < 1.29 is 13.9 Å². The van der Waals surface area contributed by atoms with Crippen molar-refractivity contribution in [3.8, 4) is 11.5 Å². The van der Waals surface area contributed by atoms with E-state index in [-0.39, 0.29) is 5.82 Å². The molecule has 1 saturated carbocycles. The number of benzene rings is 2. The van der Waals surface area contributed by atoms with E-state index >= 15 is 0 Å². The van der Waals surface area contributed by atoms with Crippen LogP contribution in [0.15, 0.2) is 42.5 Å². The Bertz CT molecular complexity index is 1110. The van der Waals surface area contributed by atoms with Gasteiger partial charge < -0.3 is 25.0 Å². The summed E-state index contributed by atoms with van der Waals surface area (Å²) < 4.78 is 24.8. The molecular formula is C27H35FN4O2. The fraction of sp³-hybridized carbons (Fsp3) is 0.444. The molecule has 2 aromatic carbocycles. The second kappa shape index (κ2) is 10.9. The first-order chi connectivity index (χ1) is 16.5. The third kappa shape index (κ3) is 5.53. The highest BCUT2D eigenvalue weighted by Gasteiger charge is 2.22. The number of methoxy groups -OCH3 is 2. The second-order valence-electron chi connectivity index (χ2n) is 9.23. The summed E-state index contributed by atoms with van der Waals surface area (Å²) in [7, 11) is 7.21. The van der Waals surface area contributed by atoms with Crippen molar-refractivity contribution in [3.05, 3.63) is 53.8 Å². The standard InChI is InChI=1S/C27H35FN4O2/c1-32(2)24-15-27(31-23-8-6-5-7-21(23)24)30-20-11-9-18(10-12-20)16-29-17-19-13-25(33-3)26(34-4)14-22(19)28/h5-8,13-15,18,20,29H,9-12,16-17H2,1-4H3,(H,30,31). The van der Waals surface area contributed by atoms with Crippen LogP contribution in [0.5, 0.6) is 11.5 Å². The van der Waals surface area contributed by atoms with Gasteiger partial charge in [-0.2, -0.15) is 0 Å². The SMILES string of the molecule is COc1cc(F)c(CNCC2CCC(Nc3cc(N(C)C)c4ccccc4n3)CC2)cc1OC. The summed E-state index contributed by atoms with van der Waals surface area (Å²) in [5.74, 6) is 2.20. The Morgan fingerprint density at radius 1 is 1.00 bits per heavy atom. The zero-order valence-corrected chi connectivity index (χ0v) is 20.5. The lowest BCUT2D eigenvalue weighted by Crippen LogP contribution is -2.31. The average molecular weight is 467 g/mol. The lowest BCUT2D eigenvalue weighted by molar-refractivity contribution is 0.323. The Labute approximate surface area is 201 Å². The predicted octanol–water partition coefficient (Wildman–Crippen LogP) is 5.22. The first-order valence-electron chi connectivity index (χ1n) is 11.9. The van der Waals surface area contributed by atoms with Crippen molar-refractivity contribution in [2.45, 2.75) is 38.3 Å². The summed E-state index contributed by atoms with van der Waals surface area (Å²) in [6, 6.07) is 13.9. The summed E-state index contributed by atoms with van der Waals surface area (Å²) in [4.78, 5) is 6.98. The van der Waals surface area contributed by atoms with Crippen LogP contribution in [0.25, 0.3) is 10.9 Å². The van der Waals surface area contributed by atoms with E-state index in [1.807, 2.05) is 6.07 Å². The Morgan fingerprint density at radius 3 is 2.41 bits per heavy atom. The number of pyridine rings is 1. The van der Waals surface area contributed by atoms with E-state index in [2.05, 4.69) is 53.9 Å². The lowest BCUT2D eigenvalue weighted by atomic mass is 9.86. The first kappa shape index (κ1) is 24.1. The zero-order valence-electron chi connectivity index (χ0n) is 20.5. The second-order valence-corrected chi connectivity index (χ2v) is 9.23. The Hall–Kier alpha value is -3.06. The molecular weight excluding hydrogens is 431 g/mol. The number of fused-ring (bicyclic) bond motifs is 1. The molecule has 0 bridgehead atoms. The minimum atomic E-state index is -0.280. The average Bonchev–Trinajstić information content (AvgIpc) is 2.85. The number of hydrogen-bond donors (Lipinski definition) is 2. The van der Waals surface area contributed by atoms with Crippen molar-refractivity contribution in [2.24, 2.45) is 5.92 Å². The van der Waals surface area contributed by atoms with E-state index in [1.54, 1.807) is 13.2 Å². The van der Waals surface area contributed by atoms with Crippen LogP contribution in [-0.4, -0.2) is 45.9 Å². The highest BCUT2D eigenvalue weighted by Crippen LogP contribution is 2.31. The van der Waals surface area contributed by atoms with Gasteiger partial charge in [-0.3, -0.25) is 0 Å². The summed E-state index contributed by atoms with van der Waals surface area (Å²) in [5.41, 5.74) is 2.77. The minimum Gasteiger partial charge on any atom is -0.493 e. The molecule has 1 aliphatic rings. The van der Waals surface area contributed by atoms with Crippen molar-refractivity contribution in [1.82, 2.24) is 10.3 Å². The highest BCUT2D eigenvalue weighted by atomic mass is 19.1. The molecule has 1 aliphatic carbocycles. The van der Waals surface area contributed by atoms with Crippen molar-refractivity contribution >= 4 is 22.4 Å². The Balaban J connectivity index is 1.29. The van der Waals surface area contributed by atoms with E-state index < -0.39 is 0 Å². The molecule has 0 saturated heterocycles. The van der Waals surface area contributed by atoms with Crippen LogP contribution in [0.4, 0.5) is 15.9 Å². The summed E-state index contributed by atoms with van der Waals surface area (Å²) in [5, 5.41) is 8.26. The number of ether oxygens (including phenoxy) is 2. The third-order valence-electron chi connectivity index (χ3n) is 6.68. The number of para-hydroxylation sites is 1. The molecule has 6 nitrogen and oxygen atoms in total. The van der Waals surface area contributed by atoms with Gasteiger partial charge in [-0.05, 0) is 50.3 Å². The fourth-order valence-electron chi connectivity index (χ4n) is 4.76. The number of halogens is 1. The molecule has 7 heteroatoms. The van der Waals surface area contributed by atoms with E-state index in [4.69, 9.17) is 14.5 Å². The van der Waals surface area contributed by atoms with E-state index in [9.17, 15) is 4.39 Å². The summed E-state index contributed by atoms with van der Waals surface area (Å²) >= 11 is 0. The van der Waals surface area contributed by atoms with Crippen molar-refractivity contribution in [3.63, 3.8) is 0 Å². The Kier molecular flexibility index (Phi) is 7.73. The molecule has 4 rings (SSSR count). The monoisotopic (exact) mass is 466 g/mol. The molecule has 0 unspecified atom stereocenters. The molecule has 34 heavy (non-hydrogen) atoms. The van der Waals surface area contributed by atoms with Crippen LogP contribution in [0.1, 0.15) is 31.2 Å². The molecule has 1 aromatic heterocycles. The highest BCUT2D eigenvalue weighted by molar-refractivity contribution is 5.93. The minimum absolute atomic E-state index is 0.280. The van der Waals surface area contributed by atoms with Gasteiger partial charge in [-0.1, -0.05) is 18.2 Å². The van der Waals surface area contributed by atoms with Gasteiger partial charge in [0.1, 0.15) is 11.6 Å². The molecule has 0 atom stereocenters. The molecule has 182 valence electrons. The molecule has 2 N–H and O–H groups in total. The van der Waals surface area contributed by atoms with Gasteiger partial charge in [0.05, 0.1) is 19.7 Å². The van der Waals surface area contributed by atoms with Crippen LogP contribution in [0, 0.1) is 11.7 Å². The van der Waals surface area contributed by atoms with Crippen LogP contribution in [0.2, 0.25) is 0 Å². The van der Waals surface area contributed by atoms with Gasteiger partial charge in [-0.25, -0.2) is 9.37 Å². The summed E-state index contributed by atoms with van der Waals surface area (Å²) in [6.45, 7) is 1.35. The summed E-state index contributed by atoms with van der Waals surface area (Å²) in [6.07, 6.45) is 4.46. The van der Waals surface area contributed by atoms with Crippen LogP contribution in [-0.2, 0) is 6.54 Å². The van der Waals surface area contributed by atoms with Crippen molar-refractivity contribution in [2.75, 3.05) is 45.1 Å². The van der Waals surface area contributed by atoms with Gasteiger partial charge in [0, 0.05) is 55.5 Å². The van der Waals surface area contributed by atoms with Gasteiger partial charge in [0.25, 0.3) is 0 Å². The number of nitrogens with one attached hydrogen (secondary N) is 2. The normalized spacial score (nSPS) is 18.0. The molecule has 0 spiro atoms. The zero-order chi connectivity index (χ0) is 24.1. The van der Waals surface area contributed by atoms with Gasteiger partial charge in [0.2, 0.25) is 0 Å². The quantitative estimate of drug-likeness (QED) is 0.451. The number of hydrogen-bond acceptors (Lipinski definition) is 6. The van der Waals surface area contributed by atoms with Gasteiger partial charge >= 0.3 is 0 Å². The van der Waals surface area contributed by atoms with Gasteiger partial charge in [0.15, 0.2) is 11.5 Å². The number of nitrogens with zero attached hydrogens (tertiary/aromatic N) is 2. The van der Waals surface area contributed by atoms with Crippen LogP contribution < -0.4 is 25.0 Å². The molecule has 1 fully saturated rings. The molecule has 0 radical (unpaired) electrons. The van der Waals surface area contributed by atoms with Crippen molar-refractivity contribution in [1.29, 1.82) is 0 Å². The van der Waals surface area contributed by atoms with E-state index in [1.165, 1.54) is 24.2 Å². The topological polar surface area (TPSA) is 58.7 Å². The smallest absolute Gasteiger partial charge is 0.163 e. The lowest BCUT2D eigenvalue weighted by Gasteiger charge is -2.30. The maximum absolute atomic E-state index is 14.4. The molecule has 1 heterocycles. The first-order valence-corrected chi connectivity index (χ1v) is 11.9. The van der Waals surface area contributed by atoms with E-state index in [0.717, 1.165) is 43.6 Å². The number of anilines is 2. The predicted molar refractivity (Wildman–Crippen MR) is 137 cm³/mol. The maximum atomic E-state index is 14.4. The van der Waals surface area contributed by atoms with Gasteiger partial charge in [-0.15, -0.1) is 0 Å². The number of aromatic nitrogens is 1. The fourth-order valence-corrected chi connectivity index (χ4v) is 4.76. The van der Waals surface area contributed by atoms with E-state index in [0.29, 0.717) is 35.6 Å². The van der Waals surface area contributed by atoms with Crippen LogP contribution >= 0.6 is 0 Å². The maximum Gasteiger partial charge on any atom is 0.163 e. The molecule has 0 amide bonds. The molecule has 0 aliphatic heterocycles.